The van der Waals surface area contributed by atoms with Crippen LogP contribution in [0.5, 0.6) is 0 Å². The second kappa shape index (κ2) is 5.01. The van der Waals surface area contributed by atoms with Gasteiger partial charge < -0.3 is 4.57 Å². The lowest BCUT2D eigenvalue weighted by molar-refractivity contribution is 0.807. The molecule has 0 bridgehead atoms. The van der Waals surface area contributed by atoms with Gasteiger partial charge in [-0.25, -0.2) is 0 Å². The molecule has 2 aromatic rings. The van der Waals surface area contributed by atoms with Crippen molar-refractivity contribution in [2.24, 2.45) is 0 Å². The molecule has 0 N–H and O–H groups in total. The molecule has 0 aliphatic heterocycles. The van der Waals surface area contributed by atoms with Gasteiger partial charge in [0.25, 0.3) is 0 Å². The summed E-state index contributed by atoms with van der Waals surface area (Å²) in [5, 5.41) is 9.67. The summed E-state index contributed by atoms with van der Waals surface area (Å²) in [4.78, 5) is 0. The van der Waals surface area contributed by atoms with Gasteiger partial charge in [-0.05, 0) is 5.56 Å². The van der Waals surface area contributed by atoms with Crippen LogP contribution in [-0.2, 0) is 6.54 Å². The summed E-state index contributed by atoms with van der Waals surface area (Å²) in [7, 11) is 0. The number of hydrogen-bond donors (Lipinski definition) is 0. The molecular formula is C12H7Cl3N2. The minimum atomic E-state index is 0.204. The lowest BCUT2D eigenvalue weighted by Crippen LogP contribution is -1.99. The van der Waals surface area contributed by atoms with Gasteiger partial charge >= 0.3 is 0 Å². The van der Waals surface area contributed by atoms with Gasteiger partial charge in [0.05, 0.1) is 5.02 Å². The van der Waals surface area contributed by atoms with E-state index in [9.17, 15) is 0 Å². The fourth-order valence-corrected chi connectivity index (χ4v) is 2.38. The first-order valence-corrected chi connectivity index (χ1v) is 5.95. The lowest BCUT2D eigenvalue weighted by atomic mass is 10.2. The van der Waals surface area contributed by atoms with E-state index in [0.29, 0.717) is 6.54 Å². The monoisotopic (exact) mass is 284 g/mol. The predicted octanol–water partition coefficient (Wildman–Crippen LogP) is 4.37. The first kappa shape index (κ1) is 12.3. The Morgan fingerprint density at radius 1 is 1.06 bits per heavy atom. The van der Waals surface area contributed by atoms with E-state index in [0.717, 1.165) is 5.56 Å². The van der Waals surface area contributed by atoms with E-state index in [1.807, 2.05) is 36.4 Å². The van der Waals surface area contributed by atoms with Crippen molar-refractivity contribution in [1.29, 1.82) is 5.26 Å². The largest absolute Gasteiger partial charge is 0.316 e. The van der Waals surface area contributed by atoms with Crippen molar-refractivity contribution in [3.63, 3.8) is 0 Å². The van der Waals surface area contributed by atoms with E-state index >= 15 is 0 Å². The zero-order chi connectivity index (χ0) is 12.4. The van der Waals surface area contributed by atoms with E-state index in [2.05, 4.69) is 0 Å². The quantitative estimate of drug-likeness (QED) is 0.805. The summed E-state index contributed by atoms with van der Waals surface area (Å²) in [5.41, 5.74) is 1.25. The van der Waals surface area contributed by atoms with Crippen molar-refractivity contribution >= 4 is 34.8 Å². The molecule has 0 spiro atoms. The summed E-state index contributed by atoms with van der Waals surface area (Å²) in [6.07, 6.45) is 0. The summed E-state index contributed by atoms with van der Waals surface area (Å²) >= 11 is 18.0. The summed E-state index contributed by atoms with van der Waals surface area (Å²) in [5.74, 6) is 0. The maximum absolute atomic E-state index is 8.91. The molecule has 0 aliphatic rings. The van der Waals surface area contributed by atoms with Crippen molar-refractivity contribution in [2.45, 2.75) is 6.54 Å². The van der Waals surface area contributed by atoms with Crippen LogP contribution in [0.4, 0.5) is 0 Å². The Kier molecular flexibility index (Phi) is 3.63. The highest BCUT2D eigenvalue weighted by Crippen LogP contribution is 2.35. The standard InChI is InChI=1S/C12H7Cl3N2/c13-10-9(6-16)11(14)17(12(10)15)7-8-4-2-1-3-5-8/h1-5H,7H2. The molecule has 5 heteroatoms. The number of hydrogen-bond acceptors (Lipinski definition) is 1. The summed E-state index contributed by atoms with van der Waals surface area (Å²) in [6.45, 7) is 0.486. The molecule has 0 unspecified atom stereocenters. The summed E-state index contributed by atoms with van der Waals surface area (Å²) < 4.78 is 1.61. The molecule has 17 heavy (non-hydrogen) atoms. The van der Waals surface area contributed by atoms with Crippen molar-refractivity contribution in [2.75, 3.05) is 0 Å². The second-order valence-electron chi connectivity index (χ2n) is 3.45. The predicted molar refractivity (Wildman–Crippen MR) is 69.7 cm³/mol. The van der Waals surface area contributed by atoms with Crippen LogP contribution >= 0.6 is 34.8 Å². The first-order valence-electron chi connectivity index (χ1n) is 4.82. The van der Waals surface area contributed by atoms with Crippen molar-refractivity contribution < 1.29 is 0 Å². The number of nitriles is 1. The number of benzene rings is 1. The highest BCUT2D eigenvalue weighted by molar-refractivity contribution is 6.44. The smallest absolute Gasteiger partial charge is 0.130 e. The number of aromatic nitrogens is 1. The molecule has 0 radical (unpaired) electrons. The number of rotatable bonds is 2. The van der Waals surface area contributed by atoms with Gasteiger partial charge in [0.15, 0.2) is 0 Å². The number of halogens is 3. The Balaban J connectivity index is 2.45. The van der Waals surface area contributed by atoms with Crippen molar-refractivity contribution in [1.82, 2.24) is 4.57 Å². The van der Waals surface area contributed by atoms with Crippen LogP contribution in [-0.4, -0.2) is 4.57 Å². The Labute approximate surface area is 114 Å². The van der Waals surface area contributed by atoms with Crippen LogP contribution in [0.25, 0.3) is 0 Å². The van der Waals surface area contributed by atoms with Crippen LogP contribution in [0.3, 0.4) is 0 Å². The minimum absolute atomic E-state index is 0.204. The van der Waals surface area contributed by atoms with E-state index in [4.69, 9.17) is 40.1 Å². The van der Waals surface area contributed by atoms with Crippen LogP contribution in [0.1, 0.15) is 11.1 Å². The molecule has 1 aromatic heterocycles. The SMILES string of the molecule is N#Cc1c(Cl)c(Cl)n(Cc2ccccc2)c1Cl. The first-order chi connectivity index (χ1) is 8.15. The van der Waals surface area contributed by atoms with Gasteiger partial charge in [-0.1, -0.05) is 65.1 Å². The molecule has 0 atom stereocenters. The fraction of sp³-hybridized carbons (Fsp3) is 0.0833. The summed E-state index contributed by atoms with van der Waals surface area (Å²) in [6, 6.07) is 11.6. The lowest BCUT2D eigenvalue weighted by Gasteiger charge is -2.06. The third kappa shape index (κ3) is 2.28. The average Bonchev–Trinajstić information content (AvgIpc) is 2.55. The highest BCUT2D eigenvalue weighted by atomic mass is 35.5. The molecular weight excluding hydrogens is 279 g/mol. The molecule has 0 saturated carbocycles. The maximum atomic E-state index is 8.91. The van der Waals surface area contributed by atoms with Crippen LogP contribution < -0.4 is 0 Å². The Bertz CT molecular complexity index is 582. The molecule has 0 fully saturated rings. The molecule has 0 amide bonds. The van der Waals surface area contributed by atoms with Crippen LogP contribution in [0.15, 0.2) is 30.3 Å². The van der Waals surface area contributed by atoms with Gasteiger partial charge in [-0.15, -0.1) is 0 Å². The third-order valence-corrected chi connectivity index (χ3v) is 3.63. The fourth-order valence-electron chi connectivity index (χ4n) is 1.53. The molecule has 1 aromatic carbocycles. The van der Waals surface area contributed by atoms with Gasteiger partial charge in [0.2, 0.25) is 0 Å². The van der Waals surface area contributed by atoms with Crippen LogP contribution in [0, 0.1) is 11.3 Å². The molecule has 2 nitrogen and oxygen atoms in total. The van der Waals surface area contributed by atoms with Gasteiger partial charge in [0, 0.05) is 6.54 Å². The van der Waals surface area contributed by atoms with Crippen molar-refractivity contribution in [3.8, 4) is 6.07 Å². The van der Waals surface area contributed by atoms with E-state index in [1.54, 1.807) is 4.57 Å². The molecule has 2 rings (SSSR count). The molecule has 86 valence electrons. The maximum Gasteiger partial charge on any atom is 0.130 e. The van der Waals surface area contributed by atoms with Gasteiger partial charge in [-0.3, -0.25) is 0 Å². The third-order valence-electron chi connectivity index (χ3n) is 2.38. The van der Waals surface area contributed by atoms with Crippen LogP contribution in [0.2, 0.25) is 15.3 Å². The normalized spacial score (nSPS) is 10.2. The molecule has 1 heterocycles. The zero-order valence-electron chi connectivity index (χ0n) is 8.62. The Morgan fingerprint density at radius 2 is 1.71 bits per heavy atom. The van der Waals surface area contributed by atoms with E-state index < -0.39 is 0 Å². The van der Waals surface area contributed by atoms with Crippen molar-refractivity contribution in [3.05, 3.63) is 56.8 Å². The van der Waals surface area contributed by atoms with E-state index in [-0.39, 0.29) is 20.9 Å². The van der Waals surface area contributed by atoms with Gasteiger partial charge in [-0.2, -0.15) is 5.26 Å². The highest BCUT2D eigenvalue weighted by Gasteiger charge is 2.18. The minimum Gasteiger partial charge on any atom is -0.316 e. The number of nitrogens with zero attached hydrogens (tertiary/aromatic N) is 2. The van der Waals surface area contributed by atoms with Gasteiger partial charge in [0.1, 0.15) is 21.9 Å². The Hall–Kier alpha value is -1.14. The average molecular weight is 286 g/mol. The molecule has 0 aliphatic carbocycles. The molecule has 0 saturated heterocycles. The van der Waals surface area contributed by atoms with E-state index in [1.165, 1.54) is 0 Å². The Morgan fingerprint density at radius 3 is 2.24 bits per heavy atom. The zero-order valence-corrected chi connectivity index (χ0v) is 10.9. The topological polar surface area (TPSA) is 28.7 Å². The second-order valence-corrected chi connectivity index (χ2v) is 4.55.